The van der Waals surface area contributed by atoms with E-state index in [2.05, 4.69) is 0 Å². The van der Waals surface area contributed by atoms with E-state index in [9.17, 15) is 5.11 Å². The first kappa shape index (κ1) is 15.1. The number of aliphatic hydroxyl groups excluding tert-OH is 1. The van der Waals surface area contributed by atoms with Gasteiger partial charge in [-0.2, -0.15) is 0 Å². The Morgan fingerprint density at radius 1 is 1.43 bits per heavy atom. The predicted octanol–water partition coefficient (Wildman–Crippen LogP) is 2.97. The molecule has 5 heteroatoms. The van der Waals surface area contributed by atoms with E-state index < -0.39 is 6.10 Å². The number of ether oxygens (including phenoxy) is 3. The van der Waals surface area contributed by atoms with Crippen molar-refractivity contribution in [2.24, 2.45) is 5.92 Å². The summed E-state index contributed by atoms with van der Waals surface area (Å²) in [6, 6.07) is 5.36. The van der Waals surface area contributed by atoms with Crippen molar-refractivity contribution in [2.45, 2.75) is 31.0 Å². The Balaban J connectivity index is 1.81. The summed E-state index contributed by atoms with van der Waals surface area (Å²) in [5.74, 6) is 0.808. The average molecular weight is 313 g/mol. The highest BCUT2D eigenvalue weighted by Gasteiger charge is 2.43. The minimum atomic E-state index is -0.597. The van der Waals surface area contributed by atoms with Gasteiger partial charge in [-0.05, 0) is 37.0 Å². The molecule has 2 aliphatic rings. The van der Waals surface area contributed by atoms with Crippen molar-refractivity contribution in [3.63, 3.8) is 0 Å². The summed E-state index contributed by atoms with van der Waals surface area (Å²) in [6.07, 6.45) is 1.95. The molecule has 1 aromatic rings. The Morgan fingerprint density at radius 3 is 3.00 bits per heavy atom. The van der Waals surface area contributed by atoms with Gasteiger partial charge in [0, 0.05) is 30.2 Å². The number of aliphatic hydroxyl groups is 1. The molecule has 3 rings (SSSR count). The van der Waals surface area contributed by atoms with Crippen LogP contribution in [0.15, 0.2) is 18.2 Å². The minimum absolute atomic E-state index is 0.132. The fraction of sp³-hybridized carbons (Fsp3) is 0.625. The molecule has 21 heavy (non-hydrogen) atoms. The fourth-order valence-corrected chi connectivity index (χ4v) is 3.57. The third-order valence-electron chi connectivity index (χ3n) is 4.56. The van der Waals surface area contributed by atoms with E-state index in [-0.39, 0.29) is 11.5 Å². The van der Waals surface area contributed by atoms with Crippen LogP contribution in [0.2, 0.25) is 5.02 Å². The van der Waals surface area contributed by atoms with Crippen molar-refractivity contribution in [1.82, 2.24) is 0 Å². The number of hydrogen-bond acceptors (Lipinski definition) is 4. The molecule has 0 bridgehead atoms. The van der Waals surface area contributed by atoms with Gasteiger partial charge in [0.1, 0.15) is 5.75 Å². The summed E-state index contributed by atoms with van der Waals surface area (Å²) in [7, 11) is 1.61. The Labute approximate surface area is 130 Å². The van der Waals surface area contributed by atoms with Crippen LogP contribution in [-0.4, -0.2) is 37.6 Å². The summed E-state index contributed by atoms with van der Waals surface area (Å²) < 4.78 is 16.8. The molecule has 1 spiro atoms. The second kappa shape index (κ2) is 6.13. The number of hydrogen-bond donors (Lipinski definition) is 1. The quantitative estimate of drug-likeness (QED) is 0.932. The lowest BCUT2D eigenvalue weighted by atomic mass is 9.80. The molecular formula is C16H21ClO4. The molecule has 2 heterocycles. The average Bonchev–Trinajstić information content (AvgIpc) is 2.94. The second-order valence-corrected chi connectivity index (χ2v) is 6.35. The smallest absolute Gasteiger partial charge is 0.124 e. The summed E-state index contributed by atoms with van der Waals surface area (Å²) in [5, 5.41) is 11.4. The van der Waals surface area contributed by atoms with Gasteiger partial charge in [-0.15, -0.1) is 0 Å². The van der Waals surface area contributed by atoms with Crippen molar-refractivity contribution in [1.29, 1.82) is 0 Å². The highest BCUT2D eigenvalue weighted by atomic mass is 35.5. The molecule has 1 N–H and O–H groups in total. The fourth-order valence-electron chi connectivity index (χ4n) is 3.39. The summed E-state index contributed by atoms with van der Waals surface area (Å²) in [5.41, 5.74) is 0.543. The molecule has 0 saturated carbocycles. The van der Waals surface area contributed by atoms with Gasteiger partial charge in [-0.3, -0.25) is 0 Å². The zero-order valence-corrected chi connectivity index (χ0v) is 12.9. The number of benzene rings is 1. The highest BCUT2D eigenvalue weighted by Crippen LogP contribution is 2.43. The third-order valence-corrected chi connectivity index (χ3v) is 4.79. The first-order chi connectivity index (χ1) is 10.1. The van der Waals surface area contributed by atoms with Gasteiger partial charge < -0.3 is 19.3 Å². The first-order valence-corrected chi connectivity index (χ1v) is 7.74. The Morgan fingerprint density at radius 2 is 2.29 bits per heavy atom. The van der Waals surface area contributed by atoms with Gasteiger partial charge in [-0.1, -0.05) is 11.6 Å². The van der Waals surface area contributed by atoms with Crippen molar-refractivity contribution in [2.75, 3.05) is 26.9 Å². The van der Waals surface area contributed by atoms with Gasteiger partial charge in [0.25, 0.3) is 0 Å². The van der Waals surface area contributed by atoms with E-state index in [1.165, 1.54) is 0 Å². The lowest BCUT2D eigenvalue weighted by molar-refractivity contribution is -0.117. The van der Waals surface area contributed by atoms with Gasteiger partial charge in [0.15, 0.2) is 0 Å². The zero-order chi connectivity index (χ0) is 14.9. The van der Waals surface area contributed by atoms with Crippen LogP contribution in [0.5, 0.6) is 5.75 Å². The van der Waals surface area contributed by atoms with Crippen molar-refractivity contribution in [3.05, 3.63) is 28.8 Å². The SMILES string of the molecule is COc1ccc(Cl)cc1C(O)C1CCOC2(CCOC2)C1. The highest BCUT2D eigenvalue weighted by molar-refractivity contribution is 6.30. The molecule has 0 aliphatic carbocycles. The van der Waals surface area contributed by atoms with E-state index in [0.717, 1.165) is 31.4 Å². The van der Waals surface area contributed by atoms with Crippen LogP contribution in [0.1, 0.15) is 30.9 Å². The van der Waals surface area contributed by atoms with E-state index in [0.29, 0.717) is 24.0 Å². The van der Waals surface area contributed by atoms with Crippen LogP contribution >= 0.6 is 11.6 Å². The Hall–Kier alpha value is -0.810. The molecule has 116 valence electrons. The van der Waals surface area contributed by atoms with E-state index in [1.807, 2.05) is 0 Å². The topological polar surface area (TPSA) is 47.9 Å². The number of halogens is 1. The maximum atomic E-state index is 10.8. The van der Waals surface area contributed by atoms with Crippen molar-refractivity contribution in [3.8, 4) is 5.75 Å². The molecule has 3 unspecified atom stereocenters. The molecule has 2 fully saturated rings. The van der Waals surface area contributed by atoms with Gasteiger partial charge in [0.2, 0.25) is 0 Å². The largest absolute Gasteiger partial charge is 0.496 e. The third kappa shape index (κ3) is 3.04. The van der Waals surface area contributed by atoms with E-state index in [4.69, 9.17) is 25.8 Å². The summed E-state index contributed by atoms with van der Waals surface area (Å²) in [6.45, 7) is 2.03. The number of rotatable bonds is 3. The molecule has 4 nitrogen and oxygen atoms in total. The standard InChI is InChI=1S/C16H21ClO4/c1-19-14-3-2-12(17)8-13(14)15(18)11-4-6-21-16(9-11)5-7-20-10-16/h2-3,8,11,15,18H,4-7,9-10H2,1H3. The van der Waals surface area contributed by atoms with Crippen molar-refractivity contribution < 1.29 is 19.3 Å². The molecule has 3 atom stereocenters. The first-order valence-electron chi connectivity index (χ1n) is 7.37. The molecule has 2 aliphatic heterocycles. The van der Waals surface area contributed by atoms with E-state index in [1.54, 1.807) is 25.3 Å². The van der Waals surface area contributed by atoms with Crippen LogP contribution in [-0.2, 0) is 9.47 Å². The molecular weight excluding hydrogens is 292 g/mol. The van der Waals surface area contributed by atoms with E-state index >= 15 is 0 Å². The van der Waals surface area contributed by atoms with Gasteiger partial charge in [-0.25, -0.2) is 0 Å². The van der Waals surface area contributed by atoms with Gasteiger partial charge >= 0.3 is 0 Å². The maximum absolute atomic E-state index is 10.8. The second-order valence-electron chi connectivity index (χ2n) is 5.92. The Bertz CT molecular complexity index is 499. The van der Waals surface area contributed by atoms with Crippen LogP contribution < -0.4 is 4.74 Å². The number of methoxy groups -OCH3 is 1. The zero-order valence-electron chi connectivity index (χ0n) is 12.2. The minimum Gasteiger partial charge on any atom is -0.496 e. The molecule has 0 radical (unpaired) electrons. The normalized spacial score (nSPS) is 30.5. The Kier molecular flexibility index (Phi) is 4.41. The molecule has 0 aromatic heterocycles. The molecule has 1 aromatic carbocycles. The summed E-state index contributed by atoms with van der Waals surface area (Å²) in [4.78, 5) is 0. The van der Waals surface area contributed by atoms with Crippen molar-refractivity contribution >= 4 is 11.6 Å². The van der Waals surface area contributed by atoms with Crippen LogP contribution in [0.4, 0.5) is 0 Å². The lowest BCUT2D eigenvalue weighted by Crippen LogP contribution is -2.41. The maximum Gasteiger partial charge on any atom is 0.124 e. The van der Waals surface area contributed by atoms with Gasteiger partial charge in [0.05, 0.1) is 25.4 Å². The summed E-state index contributed by atoms with van der Waals surface area (Å²) >= 11 is 6.07. The van der Waals surface area contributed by atoms with Crippen LogP contribution in [0.25, 0.3) is 0 Å². The monoisotopic (exact) mass is 312 g/mol. The van der Waals surface area contributed by atoms with Crippen LogP contribution in [0.3, 0.4) is 0 Å². The molecule has 0 amide bonds. The lowest BCUT2D eigenvalue weighted by Gasteiger charge is -2.39. The predicted molar refractivity (Wildman–Crippen MR) is 79.8 cm³/mol. The molecule has 2 saturated heterocycles. The van der Waals surface area contributed by atoms with Crippen LogP contribution in [0, 0.1) is 5.92 Å².